The Labute approximate surface area is 207 Å². The lowest BCUT2D eigenvalue weighted by molar-refractivity contribution is -0.137. The van der Waals surface area contributed by atoms with E-state index in [0.29, 0.717) is 28.2 Å². The molecule has 1 heterocycles. The van der Waals surface area contributed by atoms with Gasteiger partial charge in [0.15, 0.2) is 0 Å². The van der Waals surface area contributed by atoms with Gasteiger partial charge in [0.25, 0.3) is 5.91 Å². The number of likely N-dealkylation sites (N-methyl/N-ethyl adjacent to an activating group) is 2. The fraction of sp³-hybridized carbons (Fsp3) is 0.185. The molecular formula is C27H25F3N4O2. The van der Waals surface area contributed by atoms with Gasteiger partial charge in [0, 0.05) is 29.7 Å². The maximum Gasteiger partial charge on any atom is 0.416 e. The highest BCUT2D eigenvalue weighted by Crippen LogP contribution is 2.41. The number of amides is 2. The average molecular weight is 495 g/mol. The van der Waals surface area contributed by atoms with E-state index in [1.807, 2.05) is 44.4 Å². The van der Waals surface area contributed by atoms with E-state index in [2.05, 4.69) is 10.6 Å². The van der Waals surface area contributed by atoms with Gasteiger partial charge in [-0.15, -0.1) is 0 Å². The number of alkyl halides is 3. The first-order valence-corrected chi connectivity index (χ1v) is 11.2. The van der Waals surface area contributed by atoms with E-state index in [1.165, 1.54) is 6.07 Å². The van der Waals surface area contributed by atoms with Gasteiger partial charge in [-0.25, -0.2) is 0 Å². The van der Waals surface area contributed by atoms with Crippen LogP contribution >= 0.6 is 0 Å². The minimum Gasteiger partial charge on any atom is -0.354 e. The zero-order valence-corrected chi connectivity index (χ0v) is 20.0. The lowest BCUT2D eigenvalue weighted by Gasteiger charge is -2.20. The van der Waals surface area contributed by atoms with Crippen LogP contribution in [0.4, 0.5) is 30.2 Å². The smallest absolute Gasteiger partial charge is 0.354 e. The van der Waals surface area contributed by atoms with Crippen molar-refractivity contribution >= 4 is 40.1 Å². The number of halogens is 3. The van der Waals surface area contributed by atoms with Crippen molar-refractivity contribution in [3.63, 3.8) is 0 Å². The predicted octanol–water partition coefficient (Wildman–Crippen LogP) is 5.16. The molecule has 2 amide bonds. The van der Waals surface area contributed by atoms with Crippen LogP contribution in [-0.2, 0) is 15.8 Å². The monoisotopic (exact) mass is 494 g/mol. The van der Waals surface area contributed by atoms with Gasteiger partial charge in [-0.2, -0.15) is 13.2 Å². The van der Waals surface area contributed by atoms with Crippen molar-refractivity contribution < 1.29 is 22.8 Å². The fourth-order valence-corrected chi connectivity index (χ4v) is 3.91. The Kier molecular flexibility index (Phi) is 6.85. The Balaban J connectivity index is 1.72. The number of benzene rings is 3. The molecule has 6 nitrogen and oxygen atoms in total. The number of hydrogen-bond donors (Lipinski definition) is 2. The second-order valence-electron chi connectivity index (χ2n) is 8.69. The lowest BCUT2D eigenvalue weighted by Crippen LogP contribution is -2.34. The molecule has 3 aromatic rings. The highest BCUT2D eigenvalue weighted by atomic mass is 19.4. The molecule has 1 aliphatic rings. The number of nitrogens with zero attached hydrogens (tertiary/aromatic N) is 2. The van der Waals surface area contributed by atoms with Crippen LogP contribution < -0.4 is 15.5 Å². The molecule has 0 bridgehead atoms. The summed E-state index contributed by atoms with van der Waals surface area (Å²) >= 11 is 0. The fourth-order valence-electron chi connectivity index (χ4n) is 3.91. The number of anilines is 3. The molecular weight excluding hydrogens is 469 g/mol. The first kappa shape index (κ1) is 25.0. The molecule has 0 saturated carbocycles. The summed E-state index contributed by atoms with van der Waals surface area (Å²) in [4.78, 5) is 28.7. The van der Waals surface area contributed by atoms with E-state index < -0.39 is 17.6 Å². The maximum atomic E-state index is 13.2. The van der Waals surface area contributed by atoms with Gasteiger partial charge in [0.2, 0.25) is 5.91 Å². The summed E-state index contributed by atoms with van der Waals surface area (Å²) in [6, 6.07) is 19.4. The normalized spacial score (nSPS) is 14.4. The zero-order valence-electron chi connectivity index (χ0n) is 20.0. The van der Waals surface area contributed by atoms with E-state index in [-0.39, 0.29) is 23.7 Å². The topological polar surface area (TPSA) is 64.7 Å². The van der Waals surface area contributed by atoms with Crippen molar-refractivity contribution in [3.8, 4) is 0 Å². The molecule has 36 heavy (non-hydrogen) atoms. The largest absolute Gasteiger partial charge is 0.416 e. The SMILES string of the molecule is CN(C)CC(=O)N(C)c1ccc(N/C(=C2/C(=O)Nc3cc(C(F)(F)F)ccc32)c2ccccc2)cc1. The number of fused-ring (bicyclic) bond motifs is 1. The van der Waals surface area contributed by atoms with Crippen LogP contribution in [0.3, 0.4) is 0 Å². The van der Waals surface area contributed by atoms with Crippen LogP contribution in [-0.4, -0.2) is 44.4 Å². The van der Waals surface area contributed by atoms with Crippen LogP contribution in [0.2, 0.25) is 0 Å². The van der Waals surface area contributed by atoms with Gasteiger partial charge in [-0.1, -0.05) is 36.4 Å². The Bertz CT molecular complexity index is 1320. The third kappa shape index (κ3) is 5.26. The van der Waals surface area contributed by atoms with Gasteiger partial charge in [-0.3, -0.25) is 9.59 Å². The van der Waals surface area contributed by atoms with E-state index >= 15 is 0 Å². The Morgan fingerprint density at radius 1 is 0.944 bits per heavy atom. The van der Waals surface area contributed by atoms with Crippen LogP contribution in [0, 0.1) is 0 Å². The first-order valence-electron chi connectivity index (χ1n) is 11.2. The molecule has 0 unspecified atom stereocenters. The zero-order chi connectivity index (χ0) is 26.0. The highest BCUT2D eigenvalue weighted by molar-refractivity contribution is 6.37. The second kappa shape index (κ2) is 9.87. The molecule has 0 fully saturated rings. The molecule has 0 atom stereocenters. The minimum absolute atomic E-state index is 0.0646. The minimum atomic E-state index is -4.52. The predicted molar refractivity (Wildman–Crippen MR) is 135 cm³/mol. The summed E-state index contributed by atoms with van der Waals surface area (Å²) < 4.78 is 39.6. The molecule has 9 heteroatoms. The summed E-state index contributed by atoms with van der Waals surface area (Å²) in [5.74, 6) is -0.563. The molecule has 186 valence electrons. The Morgan fingerprint density at radius 3 is 2.22 bits per heavy atom. The van der Waals surface area contributed by atoms with Gasteiger partial charge in [0.05, 0.1) is 23.4 Å². The number of carbonyl (C=O) groups excluding carboxylic acids is 2. The van der Waals surface area contributed by atoms with Crippen molar-refractivity contribution in [1.82, 2.24) is 4.90 Å². The summed E-state index contributed by atoms with van der Waals surface area (Å²) in [5.41, 5.74) is 2.39. The van der Waals surface area contributed by atoms with Gasteiger partial charge in [-0.05, 0) is 56.1 Å². The van der Waals surface area contributed by atoms with E-state index in [4.69, 9.17) is 0 Å². The van der Waals surface area contributed by atoms with Crippen molar-refractivity contribution in [2.75, 3.05) is 43.2 Å². The van der Waals surface area contributed by atoms with Crippen LogP contribution in [0.1, 0.15) is 16.7 Å². The maximum absolute atomic E-state index is 13.2. The molecule has 0 aromatic heterocycles. The third-order valence-electron chi connectivity index (χ3n) is 5.75. The number of nitrogens with one attached hydrogen (secondary N) is 2. The van der Waals surface area contributed by atoms with E-state index in [0.717, 1.165) is 12.1 Å². The summed E-state index contributed by atoms with van der Waals surface area (Å²) in [7, 11) is 5.33. The average Bonchev–Trinajstić information content (AvgIpc) is 3.16. The van der Waals surface area contributed by atoms with Crippen LogP contribution in [0.25, 0.3) is 11.3 Å². The summed E-state index contributed by atoms with van der Waals surface area (Å²) in [6.07, 6.45) is -4.52. The van der Waals surface area contributed by atoms with Crippen molar-refractivity contribution in [1.29, 1.82) is 0 Å². The molecule has 4 rings (SSSR count). The molecule has 1 aliphatic heterocycles. The summed E-state index contributed by atoms with van der Waals surface area (Å²) in [6.45, 7) is 0.269. The second-order valence-corrected chi connectivity index (χ2v) is 8.69. The van der Waals surface area contributed by atoms with Crippen molar-refractivity contribution in [2.24, 2.45) is 0 Å². The van der Waals surface area contributed by atoms with Gasteiger partial charge < -0.3 is 20.4 Å². The summed E-state index contributed by atoms with van der Waals surface area (Å²) in [5, 5.41) is 5.83. The quantitative estimate of drug-likeness (QED) is 0.465. The molecule has 2 N–H and O–H groups in total. The van der Waals surface area contributed by atoms with Crippen LogP contribution in [0.15, 0.2) is 72.8 Å². The molecule has 0 radical (unpaired) electrons. The van der Waals surface area contributed by atoms with Gasteiger partial charge in [0.1, 0.15) is 0 Å². The molecule has 3 aromatic carbocycles. The lowest BCUT2D eigenvalue weighted by atomic mass is 9.99. The number of hydrogen-bond acceptors (Lipinski definition) is 4. The van der Waals surface area contributed by atoms with Gasteiger partial charge >= 0.3 is 6.18 Å². The highest BCUT2D eigenvalue weighted by Gasteiger charge is 2.34. The van der Waals surface area contributed by atoms with Crippen molar-refractivity contribution in [2.45, 2.75) is 6.18 Å². The van der Waals surface area contributed by atoms with Crippen LogP contribution in [0.5, 0.6) is 0 Å². The van der Waals surface area contributed by atoms with Crippen molar-refractivity contribution in [3.05, 3.63) is 89.5 Å². The Hall–Kier alpha value is -4.11. The molecule has 0 saturated heterocycles. The molecule has 0 aliphatic carbocycles. The molecule has 0 spiro atoms. The van der Waals surface area contributed by atoms with E-state index in [1.54, 1.807) is 41.1 Å². The first-order chi connectivity index (χ1) is 17.0. The third-order valence-corrected chi connectivity index (χ3v) is 5.75. The van der Waals surface area contributed by atoms with E-state index in [9.17, 15) is 22.8 Å². The standard InChI is InChI=1S/C27H25F3N4O2/c1-33(2)16-23(35)34(3)20-12-10-19(11-13-20)31-25(17-7-5-4-6-8-17)24-21-14-9-18(27(28,29)30)15-22(21)32-26(24)36/h4-15,31H,16H2,1-3H3,(H,32,36)/b25-24+. The Morgan fingerprint density at radius 2 is 1.61 bits per heavy atom. The number of rotatable bonds is 6. The number of carbonyl (C=O) groups is 2.